The smallest absolute Gasteiger partial charge is 0.119 e. The first-order valence-corrected chi connectivity index (χ1v) is 6.23. The summed E-state index contributed by atoms with van der Waals surface area (Å²) in [7, 11) is 1.71. The van der Waals surface area contributed by atoms with Crippen LogP contribution in [0.25, 0.3) is 0 Å². The fraction of sp³-hybridized carbons (Fsp3) is 0.571. The summed E-state index contributed by atoms with van der Waals surface area (Å²) in [6.45, 7) is 6.62. The lowest BCUT2D eigenvalue weighted by Gasteiger charge is -2.15. The largest absolute Gasteiger partial charge is 0.494 e. The van der Waals surface area contributed by atoms with Crippen LogP contribution in [0.1, 0.15) is 31.9 Å². The lowest BCUT2D eigenvalue weighted by molar-refractivity contribution is 0.196. The Kier molecular flexibility index (Phi) is 6.67. The molecule has 0 aliphatic heterocycles. The standard InChI is InChI=1S/C14H23NO2/c1-4-9-17-14-7-5-6-13(11-14)12(2)15-8-10-16-3/h5-7,11-12,15H,4,8-10H2,1-3H3/t12-/m0/s1. The second-order valence-corrected chi connectivity index (χ2v) is 4.09. The van der Waals surface area contributed by atoms with Gasteiger partial charge in [-0.1, -0.05) is 19.1 Å². The molecule has 0 heterocycles. The number of methoxy groups -OCH3 is 1. The van der Waals surface area contributed by atoms with E-state index >= 15 is 0 Å². The van der Waals surface area contributed by atoms with E-state index in [4.69, 9.17) is 9.47 Å². The van der Waals surface area contributed by atoms with E-state index in [0.717, 1.165) is 31.9 Å². The molecule has 0 aliphatic carbocycles. The minimum absolute atomic E-state index is 0.315. The van der Waals surface area contributed by atoms with E-state index in [1.165, 1.54) is 5.56 Å². The number of nitrogens with one attached hydrogen (secondary N) is 1. The summed E-state index contributed by atoms with van der Waals surface area (Å²) in [5.74, 6) is 0.949. The van der Waals surface area contributed by atoms with Crippen LogP contribution in [-0.2, 0) is 4.74 Å². The van der Waals surface area contributed by atoms with Crippen molar-refractivity contribution in [3.63, 3.8) is 0 Å². The van der Waals surface area contributed by atoms with Gasteiger partial charge in [-0.3, -0.25) is 0 Å². The Morgan fingerprint density at radius 2 is 2.12 bits per heavy atom. The van der Waals surface area contributed by atoms with Crippen molar-refractivity contribution in [3.8, 4) is 5.75 Å². The third kappa shape index (κ3) is 5.20. The molecule has 1 rings (SSSR count). The quantitative estimate of drug-likeness (QED) is 0.705. The second-order valence-electron chi connectivity index (χ2n) is 4.09. The zero-order valence-electron chi connectivity index (χ0n) is 11.0. The maximum absolute atomic E-state index is 5.62. The van der Waals surface area contributed by atoms with Crippen molar-refractivity contribution in [2.45, 2.75) is 26.3 Å². The fourth-order valence-electron chi connectivity index (χ4n) is 1.59. The molecule has 17 heavy (non-hydrogen) atoms. The van der Waals surface area contributed by atoms with Crippen molar-refractivity contribution >= 4 is 0 Å². The zero-order valence-corrected chi connectivity index (χ0v) is 11.0. The van der Waals surface area contributed by atoms with Crippen molar-refractivity contribution in [2.24, 2.45) is 0 Å². The van der Waals surface area contributed by atoms with Crippen molar-refractivity contribution in [2.75, 3.05) is 26.9 Å². The van der Waals surface area contributed by atoms with Crippen LogP contribution in [0, 0.1) is 0 Å². The van der Waals surface area contributed by atoms with Gasteiger partial charge in [-0.2, -0.15) is 0 Å². The first-order chi connectivity index (χ1) is 8.27. The minimum atomic E-state index is 0.315. The summed E-state index contributed by atoms with van der Waals surface area (Å²) in [5, 5.41) is 3.40. The molecule has 1 aromatic carbocycles. The highest BCUT2D eigenvalue weighted by Gasteiger charge is 2.05. The van der Waals surface area contributed by atoms with Crippen molar-refractivity contribution < 1.29 is 9.47 Å². The second kappa shape index (κ2) is 8.09. The molecule has 0 bridgehead atoms. The fourth-order valence-corrected chi connectivity index (χ4v) is 1.59. The van der Waals surface area contributed by atoms with E-state index < -0.39 is 0 Å². The Labute approximate surface area is 104 Å². The Bertz CT molecular complexity index is 315. The summed E-state index contributed by atoms with van der Waals surface area (Å²) in [6.07, 6.45) is 1.03. The average Bonchev–Trinajstić information content (AvgIpc) is 2.37. The maximum atomic E-state index is 5.62. The number of hydrogen-bond acceptors (Lipinski definition) is 3. The molecule has 0 amide bonds. The van der Waals surface area contributed by atoms with E-state index in [-0.39, 0.29) is 0 Å². The molecule has 3 nitrogen and oxygen atoms in total. The summed E-state index contributed by atoms with van der Waals surface area (Å²) in [6, 6.07) is 8.56. The molecule has 1 N–H and O–H groups in total. The first kappa shape index (κ1) is 14.0. The Hall–Kier alpha value is -1.06. The van der Waals surface area contributed by atoms with Gasteiger partial charge in [0, 0.05) is 19.7 Å². The van der Waals surface area contributed by atoms with Crippen LogP contribution >= 0.6 is 0 Å². The van der Waals surface area contributed by atoms with Crippen molar-refractivity contribution in [1.29, 1.82) is 0 Å². The minimum Gasteiger partial charge on any atom is -0.494 e. The van der Waals surface area contributed by atoms with E-state index in [1.54, 1.807) is 7.11 Å². The van der Waals surface area contributed by atoms with E-state index in [2.05, 4.69) is 31.3 Å². The van der Waals surface area contributed by atoms with Gasteiger partial charge in [0.15, 0.2) is 0 Å². The third-order valence-electron chi connectivity index (χ3n) is 2.59. The van der Waals surface area contributed by atoms with Crippen LogP contribution < -0.4 is 10.1 Å². The Balaban J connectivity index is 2.51. The van der Waals surface area contributed by atoms with Gasteiger partial charge < -0.3 is 14.8 Å². The summed E-state index contributed by atoms with van der Waals surface area (Å²) < 4.78 is 10.6. The summed E-state index contributed by atoms with van der Waals surface area (Å²) in [4.78, 5) is 0. The van der Waals surface area contributed by atoms with Crippen molar-refractivity contribution in [1.82, 2.24) is 5.32 Å². The normalized spacial score (nSPS) is 12.4. The molecular formula is C14H23NO2. The van der Waals surface area contributed by atoms with E-state index in [0.29, 0.717) is 6.04 Å². The summed E-state index contributed by atoms with van der Waals surface area (Å²) >= 11 is 0. The predicted molar refractivity (Wildman–Crippen MR) is 70.5 cm³/mol. The molecule has 0 aromatic heterocycles. The zero-order chi connectivity index (χ0) is 12.5. The van der Waals surface area contributed by atoms with Crippen LogP contribution in [0.4, 0.5) is 0 Å². The third-order valence-corrected chi connectivity index (χ3v) is 2.59. The number of rotatable bonds is 8. The molecule has 96 valence electrons. The molecule has 0 saturated carbocycles. The van der Waals surface area contributed by atoms with E-state index in [1.807, 2.05) is 12.1 Å². The van der Waals surface area contributed by atoms with Crippen molar-refractivity contribution in [3.05, 3.63) is 29.8 Å². The molecular weight excluding hydrogens is 214 g/mol. The lowest BCUT2D eigenvalue weighted by Crippen LogP contribution is -2.22. The SMILES string of the molecule is CCCOc1cccc([C@H](C)NCCOC)c1. The topological polar surface area (TPSA) is 30.5 Å². The van der Waals surface area contributed by atoms with Gasteiger partial charge in [-0.05, 0) is 31.0 Å². The molecule has 0 fully saturated rings. The van der Waals surface area contributed by atoms with E-state index in [9.17, 15) is 0 Å². The van der Waals surface area contributed by atoms with Gasteiger partial charge in [0.25, 0.3) is 0 Å². The Morgan fingerprint density at radius 1 is 1.29 bits per heavy atom. The van der Waals surface area contributed by atoms with Crippen LogP contribution in [0.2, 0.25) is 0 Å². The van der Waals surface area contributed by atoms with Crippen LogP contribution in [0.15, 0.2) is 24.3 Å². The van der Waals surface area contributed by atoms with Gasteiger partial charge >= 0.3 is 0 Å². The van der Waals surface area contributed by atoms with Crippen LogP contribution in [0.3, 0.4) is 0 Å². The molecule has 0 unspecified atom stereocenters. The highest BCUT2D eigenvalue weighted by Crippen LogP contribution is 2.19. The molecule has 0 saturated heterocycles. The molecule has 3 heteroatoms. The lowest BCUT2D eigenvalue weighted by atomic mass is 10.1. The number of ether oxygens (including phenoxy) is 2. The Morgan fingerprint density at radius 3 is 2.82 bits per heavy atom. The average molecular weight is 237 g/mol. The molecule has 1 aromatic rings. The van der Waals surface area contributed by atoms with Gasteiger partial charge in [-0.25, -0.2) is 0 Å². The monoisotopic (exact) mass is 237 g/mol. The molecule has 0 spiro atoms. The number of hydrogen-bond donors (Lipinski definition) is 1. The molecule has 1 atom stereocenters. The molecule has 0 radical (unpaired) electrons. The van der Waals surface area contributed by atoms with Gasteiger partial charge in [-0.15, -0.1) is 0 Å². The first-order valence-electron chi connectivity index (χ1n) is 6.23. The van der Waals surface area contributed by atoms with Gasteiger partial charge in [0.1, 0.15) is 5.75 Å². The number of benzene rings is 1. The van der Waals surface area contributed by atoms with Gasteiger partial charge in [0.2, 0.25) is 0 Å². The van der Waals surface area contributed by atoms with Crippen LogP contribution in [-0.4, -0.2) is 26.9 Å². The highest BCUT2D eigenvalue weighted by atomic mass is 16.5. The molecule has 0 aliphatic rings. The maximum Gasteiger partial charge on any atom is 0.119 e. The van der Waals surface area contributed by atoms with Gasteiger partial charge in [0.05, 0.1) is 13.2 Å². The summed E-state index contributed by atoms with van der Waals surface area (Å²) in [5.41, 5.74) is 1.25. The highest BCUT2D eigenvalue weighted by molar-refractivity contribution is 5.30. The van der Waals surface area contributed by atoms with Crippen LogP contribution in [0.5, 0.6) is 5.75 Å². The predicted octanol–water partition coefficient (Wildman–Crippen LogP) is 2.77.